The second-order valence-corrected chi connectivity index (χ2v) is 8.97. The smallest absolute Gasteiger partial charge is 0.410 e. The number of aromatic nitrogens is 2. The summed E-state index contributed by atoms with van der Waals surface area (Å²) in [7, 11) is 0. The van der Waals surface area contributed by atoms with Crippen LogP contribution in [-0.4, -0.2) is 28.0 Å². The van der Waals surface area contributed by atoms with Gasteiger partial charge in [-0.1, -0.05) is 53.8 Å². The van der Waals surface area contributed by atoms with Crippen LogP contribution in [0.5, 0.6) is 5.75 Å². The zero-order chi connectivity index (χ0) is 23.5. The van der Waals surface area contributed by atoms with E-state index in [9.17, 15) is 9.59 Å². The molecule has 0 spiro atoms. The number of rotatable bonds is 6. The summed E-state index contributed by atoms with van der Waals surface area (Å²) in [5.41, 5.74) is 3.81. The van der Waals surface area contributed by atoms with Crippen LogP contribution in [0.3, 0.4) is 0 Å². The Morgan fingerprint density at radius 2 is 1.85 bits per heavy atom. The molecule has 0 aliphatic heterocycles. The van der Waals surface area contributed by atoms with Crippen molar-refractivity contribution < 1.29 is 14.3 Å². The van der Waals surface area contributed by atoms with Gasteiger partial charge in [-0.05, 0) is 48.4 Å². The molecule has 8 heteroatoms. The first-order chi connectivity index (χ1) is 16.5. The number of ether oxygens (including phenoxy) is 1. The Morgan fingerprint density at radius 1 is 1.06 bits per heavy atom. The minimum Gasteiger partial charge on any atom is -0.410 e. The van der Waals surface area contributed by atoms with Crippen LogP contribution < -0.4 is 15.4 Å². The first kappa shape index (κ1) is 21.7. The number of fused-ring (bicyclic) bond motifs is 2. The van der Waals surface area contributed by atoms with Gasteiger partial charge in [0.2, 0.25) is 5.91 Å². The summed E-state index contributed by atoms with van der Waals surface area (Å²) in [5, 5.41) is 7.06. The number of aryl methyl sites for hydroxylation is 1. The first-order valence-electron chi connectivity index (χ1n) is 10.8. The number of nitrogens with one attached hydrogen (secondary N) is 3. The maximum atomic E-state index is 13.3. The van der Waals surface area contributed by atoms with E-state index in [0.717, 1.165) is 32.2 Å². The topological polar surface area (TPSA) is 96.1 Å². The summed E-state index contributed by atoms with van der Waals surface area (Å²) in [5.74, 6) is 0.0267. The number of benzene rings is 3. The summed E-state index contributed by atoms with van der Waals surface area (Å²) < 4.78 is 6.35. The quantitative estimate of drug-likeness (QED) is 0.309. The molecule has 2 aromatic heterocycles. The van der Waals surface area contributed by atoms with Crippen LogP contribution in [0.15, 0.2) is 79.0 Å². The summed E-state index contributed by atoms with van der Waals surface area (Å²) >= 11 is 1.40. The van der Waals surface area contributed by atoms with Crippen LogP contribution in [0, 0.1) is 6.92 Å². The molecule has 170 valence electrons. The van der Waals surface area contributed by atoms with E-state index >= 15 is 0 Å². The molecule has 0 radical (unpaired) electrons. The van der Waals surface area contributed by atoms with Crippen molar-refractivity contribution in [3.63, 3.8) is 0 Å². The third kappa shape index (κ3) is 4.77. The molecule has 1 atom stereocenters. The SMILES string of the molecule is Cc1ccc2nc(NC(=O)[C@H](Cc3c[nH]c4ccccc34)NC(=O)Oc3ccccc3)sc2c1. The molecule has 5 aromatic rings. The molecular weight excluding hydrogens is 448 g/mol. The van der Waals surface area contributed by atoms with Gasteiger partial charge in [-0.15, -0.1) is 0 Å². The Bertz CT molecular complexity index is 1480. The van der Waals surface area contributed by atoms with Crippen molar-refractivity contribution in [3.05, 3.63) is 90.1 Å². The molecule has 0 unspecified atom stereocenters. The van der Waals surface area contributed by atoms with Gasteiger partial charge in [0.15, 0.2) is 5.13 Å². The highest BCUT2D eigenvalue weighted by Crippen LogP contribution is 2.27. The predicted molar refractivity (Wildman–Crippen MR) is 134 cm³/mol. The second-order valence-electron chi connectivity index (χ2n) is 7.94. The standard InChI is InChI=1S/C26H22N4O3S/c1-16-11-12-21-23(13-16)34-25(28-21)30-24(31)22(29-26(32)33-18-7-3-2-4-8-18)14-17-15-27-20-10-6-5-9-19(17)20/h2-13,15,22,27H,14H2,1H3,(H,29,32)(H,28,30,31)/t22-/m0/s1. The lowest BCUT2D eigenvalue weighted by atomic mass is 10.0. The van der Waals surface area contributed by atoms with Crippen molar-refractivity contribution >= 4 is 49.6 Å². The predicted octanol–water partition coefficient (Wildman–Crippen LogP) is 5.42. The molecule has 2 amide bonds. The normalized spacial score (nSPS) is 11.9. The number of anilines is 1. The fraction of sp³-hybridized carbons (Fsp3) is 0.115. The van der Waals surface area contributed by atoms with E-state index in [1.807, 2.05) is 61.7 Å². The lowest BCUT2D eigenvalue weighted by molar-refractivity contribution is -0.118. The molecule has 7 nitrogen and oxygen atoms in total. The summed E-state index contributed by atoms with van der Waals surface area (Å²) in [6.45, 7) is 2.01. The van der Waals surface area contributed by atoms with Crippen LogP contribution in [0.25, 0.3) is 21.1 Å². The Labute approximate surface area is 199 Å². The van der Waals surface area contributed by atoms with Gasteiger partial charge < -0.3 is 20.4 Å². The molecule has 3 aromatic carbocycles. The summed E-state index contributed by atoms with van der Waals surface area (Å²) in [6, 6.07) is 21.6. The lowest BCUT2D eigenvalue weighted by Gasteiger charge is -2.17. The third-order valence-electron chi connectivity index (χ3n) is 5.44. The molecule has 0 aliphatic rings. The van der Waals surface area contributed by atoms with Crippen molar-refractivity contribution in [2.45, 2.75) is 19.4 Å². The molecule has 34 heavy (non-hydrogen) atoms. The fourth-order valence-electron chi connectivity index (χ4n) is 3.77. The van der Waals surface area contributed by atoms with Crippen molar-refractivity contribution in [3.8, 4) is 5.75 Å². The van der Waals surface area contributed by atoms with Gasteiger partial charge in [-0.3, -0.25) is 4.79 Å². The minimum atomic E-state index is -0.871. The fourth-order valence-corrected chi connectivity index (χ4v) is 4.74. The van der Waals surface area contributed by atoms with E-state index < -0.39 is 12.1 Å². The molecular formula is C26H22N4O3S. The summed E-state index contributed by atoms with van der Waals surface area (Å²) in [6.07, 6.45) is 1.44. The Kier molecular flexibility index (Phi) is 5.97. The molecule has 0 aliphatic carbocycles. The van der Waals surface area contributed by atoms with Crippen molar-refractivity contribution in [1.29, 1.82) is 0 Å². The Balaban J connectivity index is 1.38. The van der Waals surface area contributed by atoms with Gasteiger partial charge in [0, 0.05) is 23.5 Å². The highest BCUT2D eigenvalue weighted by molar-refractivity contribution is 7.22. The summed E-state index contributed by atoms with van der Waals surface area (Å²) in [4.78, 5) is 33.6. The van der Waals surface area contributed by atoms with Crippen molar-refractivity contribution in [1.82, 2.24) is 15.3 Å². The molecule has 0 saturated carbocycles. The number of amides is 2. The van der Waals surface area contributed by atoms with Crippen LogP contribution in [-0.2, 0) is 11.2 Å². The lowest BCUT2D eigenvalue weighted by Crippen LogP contribution is -2.46. The van der Waals surface area contributed by atoms with Gasteiger partial charge in [0.25, 0.3) is 0 Å². The number of carbonyl (C=O) groups excluding carboxylic acids is 2. The maximum Gasteiger partial charge on any atom is 0.413 e. The monoisotopic (exact) mass is 470 g/mol. The highest BCUT2D eigenvalue weighted by Gasteiger charge is 2.24. The van der Waals surface area contributed by atoms with E-state index in [-0.39, 0.29) is 12.3 Å². The van der Waals surface area contributed by atoms with Gasteiger partial charge in [0.1, 0.15) is 11.8 Å². The number of carbonyl (C=O) groups is 2. The zero-order valence-corrected chi connectivity index (χ0v) is 19.2. The number of thiazole rings is 1. The molecule has 2 heterocycles. The highest BCUT2D eigenvalue weighted by atomic mass is 32.1. The second kappa shape index (κ2) is 9.36. The molecule has 3 N–H and O–H groups in total. The Hall–Kier alpha value is -4.17. The van der Waals surface area contributed by atoms with Gasteiger partial charge in [0.05, 0.1) is 10.2 Å². The van der Waals surface area contributed by atoms with Crippen LogP contribution in [0.4, 0.5) is 9.93 Å². The number of nitrogens with zero attached hydrogens (tertiary/aromatic N) is 1. The number of hydrogen-bond acceptors (Lipinski definition) is 5. The first-order valence-corrected chi connectivity index (χ1v) is 11.6. The van der Waals surface area contributed by atoms with Gasteiger partial charge >= 0.3 is 6.09 Å². The maximum absolute atomic E-state index is 13.3. The van der Waals surface area contributed by atoms with E-state index in [2.05, 4.69) is 20.6 Å². The van der Waals surface area contributed by atoms with E-state index in [1.165, 1.54) is 11.3 Å². The van der Waals surface area contributed by atoms with E-state index in [0.29, 0.717) is 10.9 Å². The molecule has 0 bridgehead atoms. The van der Waals surface area contributed by atoms with Gasteiger partial charge in [-0.2, -0.15) is 0 Å². The van der Waals surface area contributed by atoms with Crippen molar-refractivity contribution in [2.24, 2.45) is 0 Å². The van der Waals surface area contributed by atoms with E-state index in [4.69, 9.17) is 4.74 Å². The minimum absolute atomic E-state index is 0.281. The average molecular weight is 471 g/mol. The average Bonchev–Trinajstić information content (AvgIpc) is 3.42. The molecule has 0 fully saturated rings. The Morgan fingerprint density at radius 3 is 2.71 bits per heavy atom. The van der Waals surface area contributed by atoms with Crippen LogP contribution in [0.2, 0.25) is 0 Å². The van der Waals surface area contributed by atoms with Crippen LogP contribution in [0.1, 0.15) is 11.1 Å². The van der Waals surface area contributed by atoms with Crippen molar-refractivity contribution in [2.75, 3.05) is 5.32 Å². The number of H-pyrrole nitrogens is 1. The molecule has 5 rings (SSSR count). The number of hydrogen-bond donors (Lipinski definition) is 3. The molecule has 0 saturated heterocycles. The van der Waals surface area contributed by atoms with E-state index in [1.54, 1.807) is 24.3 Å². The number of para-hydroxylation sites is 2. The zero-order valence-electron chi connectivity index (χ0n) is 18.4. The number of aromatic amines is 1. The van der Waals surface area contributed by atoms with Gasteiger partial charge in [-0.25, -0.2) is 9.78 Å². The third-order valence-corrected chi connectivity index (χ3v) is 6.37. The largest absolute Gasteiger partial charge is 0.413 e. The van der Waals surface area contributed by atoms with Crippen LogP contribution >= 0.6 is 11.3 Å².